The summed E-state index contributed by atoms with van der Waals surface area (Å²) in [6, 6.07) is -1.21. The van der Waals surface area contributed by atoms with Crippen LogP contribution in [0, 0.1) is 5.41 Å². The Labute approximate surface area is 196 Å². The third-order valence-corrected chi connectivity index (χ3v) is 6.34. The lowest BCUT2D eigenvalue weighted by Crippen LogP contribution is -2.64. The number of rotatable bonds is 7. The number of aliphatic hydroxyl groups is 4. The zero-order valence-corrected chi connectivity index (χ0v) is 20.3. The minimum Gasteiger partial charge on any atom is -0.394 e. The summed E-state index contributed by atoms with van der Waals surface area (Å²) in [4.78, 5) is 12.3. The van der Waals surface area contributed by atoms with Gasteiger partial charge in [0.25, 0.3) is 0 Å². The predicted octanol–water partition coefficient (Wildman–Crippen LogP) is 2.43. The third-order valence-electron chi connectivity index (χ3n) is 6.34. The molecule has 1 aliphatic heterocycles. The molecule has 1 unspecified atom stereocenters. The summed E-state index contributed by atoms with van der Waals surface area (Å²) in [5, 5.41) is 41.6. The zero-order chi connectivity index (χ0) is 24.8. The van der Waals surface area contributed by atoms with Crippen LogP contribution < -0.4 is 5.32 Å². The fourth-order valence-corrected chi connectivity index (χ4v) is 4.35. The molecule has 1 fully saturated rings. The van der Waals surface area contributed by atoms with Crippen LogP contribution in [0.1, 0.15) is 53.9 Å². The van der Waals surface area contributed by atoms with E-state index in [1.165, 1.54) is 30.1 Å². The van der Waals surface area contributed by atoms with Gasteiger partial charge in [-0.3, -0.25) is 4.79 Å². The van der Waals surface area contributed by atoms with E-state index in [1.807, 2.05) is 19.1 Å². The van der Waals surface area contributed by atoms with Crippen LogP contribution in [0.2, 0.25) is 0 Å². The van der Waals surface area contributed by atoms with Gasteiger partial charge in [-0.1, -0.05) is 55.4 Å². The molecule has 1 amide bonds. The minimum absolute atomic E-state index is 0.196. The van der Waals surface area contributed by atoms with Crippen molar-refractivity contribution in [3.63, 3.8) is 0 Å². The van der Waals surface area contributed by atoms with Crippen molar-refractivity contribution in [1.82, 2.24) is 5.32 Å². The van der Waals surface area contributed by atoms with Gasteiger partial charge in [-0.15, -0.1) is 0 Å². The van der Waals surface area contributed by atoms with Crippen molar-refractivity contribution in [1.29, 1.82) is 0 Å². The molecule has 0 radical (unpaired) electrons. The van der Waals surface area contributed by atoms with Crippen LogP contribution in [0.4, 0.5) is 0 Å². The number of hydrogen-bond donors (Lipinski definition) is 5. The highest BCUT2D eigenvalue weighted by Gasteiger charge is 2.44. The van der Waals surface area contributed by atoms with Crippen LogP contribution in [0.25, 0.3) is 0 Å². The zero-order valence-electron chi connectivity index (χ0n) is 20.3. The van der Waals surface area contributed by atoms with Crippen molar-refractivity contribution in [2.75, 3.05) is 6.61 Å². The van der Waals surface area contributed by atoms with Gasteiger partial charge < -0.3 is 30.5 Å². The number of amides is 1. The van der Waals surface area contributed by atoms with Crippen molar-refractivity contribution in [3.05, 3.63) is 58.7 Å². The Morgan fingerprint density at radius 3 is 2.48 bits per heavy atom. The molecule has 1 heterocycles. The molecule has 0 spiro atoms. The quantitative estimate of drug-likeness (QED) is 0.293. The van der Waals surface area contributed by atoms with E-state index in [-0.39, 0.29) is 5.41 Å². The van der Waals surface area contributed by atoms with Gasteiger partial charge in [0.2, 0.25) is 5.91 Å². The van der Waals surface area contributed by atoms with Gasteiger partial charge in [-0.2, -0.15) is 0 Å². The van der Waals surface area contributed by atoms with Crippen molar-refractivity contribution >= 4 is 5.91 Å². The van der Waals surface area contributed by atoms with Crippen LogP contribution in [0.5, 0.6) is 0 Å². The molecule has 0 saturated carbocycles. The summed E-state index contributed by atoms with van der Waals surface area (Å²) in [5.74, 6) is -0.541. The second kappa shape index (κ2) is 11.9. The average molecular weight is 462 g/mol. The largest absolute Gasteiger partial charge is 0.394 e. The van der Waals surface area contributed by atoms with Gasteiger partial charge >= 0.3 is 0 Å². The molecule has 2 aliphatic rings. The third kappa shape index (κ3) is 7.48. The number of carbonyl (C=O) groups excluding carboxylic acids is 1. The van der Waals surface area contributed by atoms with E-state index in [0.717, 1.165) is 12.0 Å². The second-order valence-corrected chi connectivity index (χ2v) is 9.69. The van der Waals surface area contributed by atoms with Gasteiger partial charge in [0.15, 0.2) is 6.29 Å². The topological polar surface area (TPSA) is 119 Å². The number of ether oxygens (including phenoxy) is 1. The minimum atomic E-state index is -1.54. The summed E-state index contributed by atoms with van der Waals surface area (Å²) < 4.78 is 5.04. The van der Waals surface area contributed by atoms with E-state index >= 15 is 0 Å². The first-order valence-corrected chi connectivity index (χ1v) is 11.5. The van der Waals surface area contributed by atoms with Gasteiger partial charge in [-0.05, 0) is 56.6 Å². The molecule has 0 aromatic carbocycles. The molecule has 0 bridgehead atoms. The maximum absolute atomic E-state index is 12.3. The fourth-order valence-electron chi connectivity index (χ4n) is 4.35. The van der Waals surface area contributed by atoms with Crippen LogP contribution in [-0.2, 0) is 9.53 Å². The molecule has 5 N–H and O–H groups in total. The van der Waals surface area contributed by atoms with E-state index in [0.29, 0.717) is 5.57 Å². The van der Waals surface area contributed by atoms with Gasteiger partial charge in [-0.25, -0.2) is 0 Å². The Kier molecular flexibility index (Phi) is 9.82. The van der Waals surface area contributed by atoms with E-state index in [9.17, 15) is 20.1 Å². The highest BCUT2D eigenvalue weighted by Crippen LogP contribution is 2.40. The first-order chi connectivity index (χ1) is 15.5. The smallest absolute Gasteiger partial charge is 0.244 e. The Bertz CT molecular complexity index is 851. The Morgan fingerprint density at radius 2 is 1.85 bits per heavy atom. The lowest BCUT2D eigenvalue weighted by atomic mass is 9.72. The van der Waals surface area contributed by atoms with E-state index in [2.05, 4.69) is 38.2 Å². The van der Waals surface area contributed by atoms with Gasteiger partial charge in [0, 0.05) is 6.08 Å². The molecule has 7 nitrogen and oxygen atoms in total. The predicted molar refractivity (Wildman–Crippen MR) is 128 cm³/mol. The molecule has 0 aromatic rings. The Balaban J connectivity index is 1.96. The average Bonchev–Trinajstić information content (AvgIpc) is 2.72. The Morgan fingerprint density at radius 1 is 1.15 bits per heavy atom. The summed E-state index contributed by atoms with van der Waals surface area (Å²) in [6.07, 6.45) is 9.30. The first-order valence-electron chi connectivity index (χ1n) is 11.5. The summed E-state index contributed by atoms with van der Waals surface area (Å²) in [5.41, 5.74) is 4.81. The van der Waals surface area contributed by atoms with Crippen molar-refractivity contribution in [3.8, 4) is 0 Å². The highest BCUT2D eigenvalue weighted by atomic mass is 16.6. The van der Waals surface area contributed by atoms with Crippen LogP contribution >= 0.6 is 0 Å². The van der Waals surface area contributed by atoms with Crippen molar-refractivity contribution in [2.45, 2.75) is 84.5 Å². The van der Waals surface area contributed by atoms with Crippen LogP contribution in [0.3, 0.4) is 0 Å². The van der Waals surface area contributed by atoms with E-state index in [4.69, 9.17) is 9.84 Å². The summed E-state index contributed by atoms with van der Waals surface area (Å²) >= 11 is 0. The van der Waals surface area contributed by atoms with Crippen LogP contribution in [0.15, 0.2) is 58.7 Å². The molecule has 0 aromatic heterocycles. The van der Waals surface area contributed by atoms with Crippen LogP contribution in [-0.4, -0.2) is 63.6 Å². The maximum atomic E-state index is 12.3. The molecule has 1 aliphatic carbocycles. The van der Waals surface area contributed by atoms with Crippen molar-refractivity contribution < 1.29 is 30.0 Å². The van der Waals surface area contributed by atoms with Crippen molar-refractivity contribution in [2.24, 2.45) is 5.41 Å². The number of carbonyl (C=O) groups is 1. The van der Waals surface area contributed by atoms with E-state index < -0.39 is 43.2 Å². The normalized spacial score (nSPS) is 31.5. The lowest BCUT2D eigenvalue weighted by Gasteiger charge is -2.40. The molecule has 2 rings (SSSR count). The molecular formula is C26H39NO6. The number of hydrogen-bond acceptors (Lipinski definition) is 6. The molecule has 7 heteroatoms. The lowest BCUT2D eigenvalue weighted by molar-refractivity contribution is -0.253. The number of nitrogens with one attached hydrogen (secondary N) is 1. The molecule has 33 heavy (non-hydrogen) atoms. The standard InChI is InChI=1S/C26H39NO6/c1-16(11-12-19-18(3)10-7-13-26(19,4)5)8-6-9-17(2)14-21(29)27-22-24(31)23(30)20(15-28)33-25(22)32/h6,8-9,11-12,14,20,22-25,28,30-32H,7,10,13,15H2,1-5H3,(H,27,29)/b9-6+,12-11+,16-8+,17-14+/t20-,22?,23+,24-,25+/m0/s1. The molecular weight excluding hydrogens is 422 g/mol. The molecule has 1 saturated heterocycles. The number of aliphatic hydroxyl groups excluding tert-OH is 4. The maximum Gasteiger partial charge on any atom is 0.244 e. The summed E-state index contributed by atoms with van der Waals surface area (Å²) in [7, 11) is 0. The first kappa shape index (κ1) is 27.2. The van der Waals surface area contributed by atoms with E-state index in [1.54, 1.807) is 13.0 Å². The molecule has 5 atom stereocenters. The monoisotopic (exact) mass is 461 g/mol. The fraction of sp³-hybridized carbons (Fsp3) is 0.577. The molecule has 184 valence electrons. The number of allylic oxidation sites excluding steroid dienone is 9. The van der Waals surface area contributed by atoms with Gasteiger partial charge in [0.05, 0.1) is 6.61 Å². The Hall–Kier alpha value is -2.03. The SMILES string of the molecule is CC1=C(/C=C/C(C)=C/C=C/C(C)=C/C(=O)NC2[C@H](O)O[C@@H](CO)[C@@H](O)[C@H]2O)C(C)(C)CCC1. The second-order valence-electron chi connectivity index (χ2n) is 9.69. The summed E-state index contributed by atoms with van der Waals surface area (Å²) in [6.45, 7) is 10.0. The highest BCUT2D eigenvalue weighted by molar-refractivity contribution is 5.88. The van der Waals surface area contributed by atoms with Gasteiger partial charge in [0.1, 0.15) is 24.4 Å².